The van der Waals surface area contributed by atoms with Gasteiger partial charge in [0.25, 0.3) is 0 Å². The molecule has 3 rings (SSSR count). The van der Waals surface area contributed by atoms with Gasteiger partial charge in [0.15, 0.2) is 0 Å². The van der Waals surface area contributed by atoms with Crippen LogP contribution in [-0.2, 0) is 16.1 Å². The number of carbonyl (C=O) groups is 1. The van der Waals surface area contributed by atoms with Gasteiger partial charge in [-0.3, -0.25) is 9.69 Å². The first kappa shape index (κ1) is 13.5. The van der Waals surface area contributed by atoms with E-state index in [2.05, 4.69) is 22.4 Å². The number of likely N-dealkylation sites (N-methyl/N-ethyl adjacent to an activating group) is 1. The Morgan fingerprint density at radius 3 is 3.05 bits per heavy atom. The Bertz CT molecular complexity index is 624. The van der Waals surface area contributed by atoms with E-state index in [1.165, 1.54) is 15.6 Å². The molecule has 2 aromatic rings. The zero-order valence-electron chi connectivity index (χ0n) is 11.3. The Hall–Kier alpha value is -1.43. The third-order valence-electron chi connectivity index (χ3n) is 3.91. The third-order valence-corrected chi connectivity index (χ3v) is 4.93. The number of benzene rings is 1. The maximum Gasteiger partial charge on any atom is 0.310 e. The van der Waals surface area contributed by atoms with E-state index in [-0.39, 0.29) is 6.04 Å². The standard InChI is InChI=1S/C15H17NO3S/c1-16(13-8-19-7-12(13)15(17)18)6-10-9-20-14-5-3-2-4-11(10)14/h2-5,9,12-13H,6-8H2,1H3,(H,17,18). The highest BCUT2D eigenvalue weighted by Crippen LogP contribution is 2.28. The predicted octanol–water partition coefficient (Wildman–Crippen LogP) is 2.43. The van der Waals surface area contributed by atoms with Crippen molar-refractivity contribution < 1.29 is 14.6 Å². The molecule has 1 fully saturated rings. The van der Waals surface area contributed by atoms with Gasteiger partial charge < -0.3 is 9.84 Å². The average molecular weight is 291 g/mol. The minimum atomic E-state index is -0.769. The number of ether oxygens (including phenoxy) is 1. The summed E-state index contributed by atoms with van der Waals surface area (Å²) in [6.45, 7) is 1.56. The fourth-order valence-electron chi connectivity index (χ4n) is 2.75. The van der Waals surface area contributed by atoms with Crippen LogP contribution in [0.25, 0.3) is 10.1 Å². The summed E-state index contributed by atoms with van der Waals surface area (Å²) in [6.07, 6.45) is 0. The second kappa shape index (κ2) is 5.52. The maximum atomic E-state index is 11.2. The van der Waals surface area contributed by atoms with Crippen molar-refractivity contribution in [3.8, 4) is 0 Å². The number of thiophene rings is 1. The molecule has 5 heteroatoms. The first-order chi connectivity index (χ1) is 9.66. The normalized spacial score (nSPS) is 22.7. The van der Waals surface area contributed by atoms with Crippen LogP contribution in [0.5, 0.6) is 0 Å². The summed E-state index contributed by atoms with van der Waals surface area (Å²) in [5, 5.41) is 12.6. The van der Waals surface area contributed by atoms with Crippen LogP contribution in [0.15, 0.2) is 29.6 Å². The van der Waals surface area contributed by atoms with E-state index in [0.717, 1.165) is 6.54 Å². The molecule has 1 aliphatic heterocycles. The van der Waals surface area contributed by atoms with Crippen LogP contribution in [0.4, 0.5) is 0 Å². The molecular formula is C15H17NO3S. The fourth-order valence-corrected chi connectivity index (χ4v) is 3.71. The molecule has 4 nitrogen and oxygen atoms in total. The van der Waals surface area contributed by atoms with Gasteiger partial charge in [0.2, 0.25) is 0 Å². The average Bonchev–Trinajstić information content (AvgIpc) is 3.06. The summed E-state index contributed by atoms with van der Waals surface area (Å²) in [7, 11) is 1.97. The Morgan fingerprint density at radius 2 is 2.25 bits per heavy atom. The molecule has 0 amide bonds. The van der Waals surface area contributed by atoms with Gasteiger partial charge in [0.05, 0.1) is 19.1 Å². The van der Waals surface area contributed by atoms with Crippen molar-refractivity contribution in [3.63, 3.8) is 0 Å². The van der Waals surface area contributed by atoms with Gasteiger partial charge >= 0.3 is 5.97 Å². The summed E-state index contributed by atoms with van der Waals surface area (Å²) in [5.74, 6) is -1.19. The molecule has 0 bridgehead atoms. The molecule has 1 aliphatic rings. The predicted molar refractivity (Wildman–Crippen MR) is 79.0 cm³/mol. The number of carboxylic acid groups (broad SMARTS) is 1. The molecule has 1 N–H and O–H groups in total. The second-order valence-corrected chi connectivity index (χ2v) is 6.13. The van der Waals surface area contributed by atoms with Gasteiger partial charge in [-0.05, 0) is 29.4 Å². The summed E-state index contributed by atoms with van der Waals surface area (Å²) in [4.78, 5) is 13.3. The van der Waals surface area contributed by atoms with E-state index in [1.807, 2.05) is 19.2 Å². The van der Waals surface area contributed by atoms with Crippen molar-refractivity contribution in [3.05, 3.63) is 35.2 Å². The van der Waals surface area contributed by atoms with Crippen LogP contribution in [0.3, 0.4) is 0 Å². The second-order valence-electron chi connectivity index (χ2n) is 5.22. The van der Waals surface area contributed by atoms with Crippen molar-refractivity contribution in [2.24, 2.45) is 5.92 Å². The molecular weight excluding hydrogens is 274 g/mol. The SMILES string of the molecule is CN(Cc1csc2ccccc12)C1COCC1C(=O)O. The lowest BCUT2D eigenvalue weighted by molar-refractivity contribution is -0.143. The highest BCUT2D eigenvalue weighted by atomic mass is 32.1. The number of rotatable bonds is 4. The Labute approximate surface area is 121 Å². The highest BCUT2D eigenvalue weighted by Gasteiger charge is 2.36. The van der Waals surface area contributed by atoms with Crippen LogP contribution in [0.1, 0.15) is 5.56 Å². The van der Waals surface area contributed by atoms with Gasteiger partial charge in [0, 0.05) is 17.3 Å². The van der Waals surface area contributed by atoms with E-state index in [1.54, 1.807) is 11.3 Å². The highest BCUT2D eigenvalue weighted by molar-refractivity contribution is 7.17. The molecule has 2 atom stereocenters. The number of hydrogen-bond donors (Lipinski definition) is 1. The Kier molecular flexibility index (Phi) is 3.74. The lowest BCUT2D eigenvalue weighted by Gasteiger charge is -2.25. The zero-order valence-corrected chi connectivity index (χ0v) is 12.1. The van der Waals surface area contributed by atoms with E-state index < -0.39 is 11.9 Å². The first-order valence-corrected chi connectivity index (χ1v) is 7.50. The first-order valence-electron chi connectivity index (χ1n) is 6.62. The van der Waals surface area contributed by atoms with Gasteiger partial charge in [0.1, 0.15) is 0 Å². The van der Waals surface area contributed by atoms with Crippen LogP contribution in [-0.4, -0.2) is 42.3 Å². The van der Waals surface area contributed by atoms with E-state index in [0.29, 0.717) is 13.2 Å². The largest absolute Gasteiger partial charge is 0.481 e. The van der Waals surface area contributed by atoms with Crippen LogP contribution in [0.2, 0.25) is 0 Å². The molecule has 1 aromatic carbocycles. The lowest BCUT2D eigenvalue weighted by atomic mass is 10.0. The fraction of sp³-hybridized carbons (Fsp3) is 0.400. The lowest BCUT2D eigenvalue weighted by Crippen LogP contribution is -2.40. The van der Waals surface area contributed by atoms with Crippen molar-refractivity contribution in [2.45, 2.75) is 12.6 Å². The summed E-state index contributed by atoms with van der Waals surface area (Å²) in [6, 6.07) is 8.26. The minimum Gasteiger partial charge on any atom is -0.481 e. The van der Waals surface area contributed by atoms with Gasteiger partial charge in [-0.15, -0.1) is 11.3 Å². The number of nitrogens with zero attached hydrogens (tertiary/aromatic N) is 1. The van der Waals surface area contributed by atoms with Gasteiger partial charge in [-0.2, -0.15) is 0 Å². The number of fused-ring (bicyclic) bond motifs is 1. The van der Waals surface area contributed by atoms with E-state index >= 15 is 0 Å². The van der Waals surface area contributed by atoms with Crippen LogP contribution in [0, 0.1) is 5.92 Å². The summed E-state index contributed by atoms with van der Waals surface area (Å²) >= 11 is 1.73. The molecule has 2 heterocycles. The molecule has 1 aromatic heterocycles. The van der Waals surface area contributed by atoms with Gasteiger partial charge in [-0.25, -0.2) is 0 Å². The van der Waals surface area contributed by atoms with Crippen molar-refractivity contribution >= 4 is 27.4 Å². The molecule has 0 spiro atoms. The number of carboxylic acids is 1. The van der Waals surface area contributed by atoms with Crippen molar-refractivity contribution in [1.29, 1.82) is 0 Å². The zero-order chi connectivity index (χ0) is 14.1. The molecule has 1 saturated heterocycles. The van der Waals surface area contributed by atoms with E-state index in [9.17, 15) is 9.90 Å². The molecule has 2 unspecified atom stereocenters. The topological polar surface area (TPSA) is 49.8 Å². The number of hydrogen-bond acceptors (Lipinski definition) is 4. The van der Waals surface area contributed by atoms with E-state index in [4.69, 9.17) is 4.74 Å². The maximum absolute atomic E-state index is 11.2. The molecule has 106 valence electrons. The summed E-state index contributed by atoms with van der Waals surface area (Å²) in [5.41, 5.74) is 1.25. The molecule has 0 radical (unpaired) electrons. The van der Waals surface area contributed by atoms with Crippen LogP contribution >= 0.6 is 11.3 Å². The molecule has 0 saturated carbocycles. The number of aliphatic carboxylic acids is 1. The third kappa shape index (κ3) is 2.44. The monoisotopic (exact) mass is 291 g/mol. The Balaban J connectivity index is 1.78. The quantitative estimate of drug-likeness (QED) is 0.940. The van der Waals surface area contributed by atoms with Crippen molar-refractivity contribution in [2.75, 3.05) is 20.3 Å². The summed E-state index contributed by atoms with van der Waals surface area (Å²) < 4.78 is 6.61. The molecule has 20 heavy (non-hydrogen) atoms. The van der Waals surface area contributed by atoms with Gasteiger partial charge in [-0.1, -0.05) is 18.2 Å². The minimum absolute atomic E-state index is 0.0498. The molecule has 0 aliphatic carbocycles. The van der Waals surface area contributed by atoms with Crippen molar-refractivity contribution in [1.82, 2.24) is 4.90 Å². The Morgan fingerprint density at radius 1 is 1.45 bits per heavy atom. The van der Waals surface area contributed by atoms with Crippen LogP contribution < -0.4 is 0 Å². The smallest absolute Gasteiger partial charge is 0.310 e.